The zero-order chi connectivity index (χ0) is 6.99. The monoisotopic (exact) mass is 118 g/mol. The molecule has 0 aliphatic heterocycles. The third kappa shape index (κ3) is 44.6. The second-order valence-electron chi connectivity index (χ2n) is 1.44. The van der Waals surface area contributed by atoms with Gasteiger partial charge in [-0.1, -0.05) is 6.08 Å². The molecule has 0 aromatic heterocycles. The number of hydrogen-bond donors (Lipinski definition) is 2. The smallest absolute Gasteiger partial charge is 0.0742 e. The number of aliphatic hydroxyl groups excluding tert-OH is 2. The summed E-state index contributed by atoms with van der Waals surface area (Å²) in [4.78, 5) is 0. The van der Waals surface area contributed by atoms with Crippen LogP contribution >= 0.6 is 0 Å². The second kappa shape index (κ2) is 9.83. The Morgan fingerprint density at radius 1 is 1.75 bits per heavy atom. The summed E-state index contributed by atoms with van der Waals surface area (Å²) < 4.78 is 0. The Morgan fingerprint density at radius 2 is 1.88 bits per heavy atom. The Hall–Kier alpha value is -0.340. The van der Waals surface area contributed by atoms with Crippen molar-refractivity contribution in [1.82, 2.24) is 0 Å². The van der Waals surface area contributed by atoms with Crippen molar-refractivity contribution in [2.75, 3.05) is 6.61 Å². The highest BCUT2D eigenvalue weighted by atomic mass is 16.3. The second-order valence-corrected chi connectivity index (χ2v) is 1.44. The van der Waals surface area contributed by atoms with Gasteiger partial charge in [-0.2, -0.15) is 0 Å². The van der Waals surface area contributed by atoms with Crippen LogP contribution in [-0.4, -0.2) is 22.9 Å². The number of hydrogen-bond acceptors (Lipinski definition) is 2. The van der Waals surface area contributed by atoms with Crippen LogP contribution in [0.25, 0.3) is 0 Å². The Bertz CT molecular complexity index is 41.8. The van der Waals surface area contributed by atoms with Gasteiger partial charge < -0.3 is 10.2 Å². The van der Waals surface area contributed by atoms with Crippen LogP contribution in [0.15, 0.2) is 12.7 Å². The average molecular weight is 118 g/mol. The summed E-state index contributed by atoms with van der Waals surface area (Å²) in [5.41, 5.74) is 0. The minimum Gasteiger partial charge on any atom is -0.394 e. The van der Waals surface area contributed by atoms with Crippen molar-refractivity contribution < 1.29 is 10.2 Å². The van der Waals surface area contributed by atoms with Crippen LogP contribution in [0, 0.1) is 0 Å². The number of allylic oxidation sites excluding steroid dienone is 1. The zero-order valence-corrected chi connectivity index (χ0v) is 5.46. The number of aliphatic hydroxyl groups is 2. The van der Waals surface area contributed by atoms with Gasteiger partial charge in [0.25, 0.3) is 0 Å². The molecule has 0 heterocycles. The lowest BCUT2D eigenvalue weighted by Gasteiger charge is -1.90. The molecule has 8 heavy (non-hydrogen) atoms. The molecular formula is C6H14O2. The molecule has 0 radical (unpaired) electrons. The highest BCUT2D eigenvalue weighted by Crippen LogP contribution is 1.68. The highest BCUT2D eigenvalue weighted by Gasteiger charge is 1.83. The maximum atomic E-state index is 8.11. The first-order valence-electron chi connectivity index (χ1n) is 2.55. The van der Waals surface area contributed by atoms with Crippen LogP contribution in [0.5, 0.6) is 0 Å². The third-order valence-electron chi connectivity index (χ3n) is 0.264. The molecule has 0 aromatic carbocycles. The van der Waals surface area contributed by atoms with Crippen LogP contribution < -0.4 is 0 Å². The Balaban J connectivity index is 0. The van der Waals surface area contributed by atoms with E-state index >= 15 is 0 Å². The lowest BCUT2D eigenvalue weighted by Crippen LogP contribution is -2.03. The van der Waals surface area contributed by atoms with E-state index in [2.05, 4.69) is 6.58 Å². The van der Waals surface area contributed by atoms with Gasteiger partial charge in [0, 0.05) is 0 Å². The van der Waals surface area contributed by atoms with Crippen molar-refractivity contribution in [2.45, 2.75) is 20.0 Å². The van der Waals surface area contributed by atoms with E-state index in [-0.39, 0.29) is 6.61 Å². The van der Waals surface area contributed by atoms with E-state index in [1.165, 1.54) is 6.92 Å². The van der Waals surface area contributed by atoms with Gasteiger partial charge in [0.2, 0.25) is 0 Å². The van der Waals surface area contributed by atoms with E-state index in [1.54, 1.807) is 6.08 Å². The molecule has 0 bridgehead atoms. The van der Waals surface area contributed by atoms with E-state index in [0.717, 1.165) is 0 Å². The van der Waals surface area contributed by atoms with Gasteiger partial charge in [0.1, 0.15) is 0 Å². The molecule has 0 rings (SSSR count). The summed E-state index contributed by atoms with van der Waals surface area (Å²) in [5.74, 6) is 0. The molecule has 0 aromatic rings. The molecule has 1 atom stereocenters. The Labute approximate surface area is 50.5 Å². The predicted octanol–water partition coefficient (Wildman–Crippen LogP) is 0.552. The van der Waals surface area contributed by atoms with Gasteiger partial charge >= 0.3 is 0 Å². The quantitative estimate of drug-likeness (QED) is 0.494. The summed E-state index contributed by atoms with van der Waals surface area (Å²) in [6.07, 6.45) is 1.19. The molecule has 2 heteroatoms. The van der Waals surface area contributed by atoms with Crippen LogP contribution in [0.3, 0.4) is 0 Å². The number of rotatable bonds is 1. The van der Waals surface area contributed by atoms with Crippen molar-refractivity contribution in [2.24, 2.45) is 0 Å². The molecular weight excluding hydrogens is 104 g/mol. The lowest BCUT2D eigenvalue weighted by molar-refractivity contribution is 0.110. The summed E-state index contributed by atoms with van der Waals surface area (Å²) in [6, 6.07) is 0. The maximum absolute atomic E-state index is 8.11. The standard InChI is InChI=1S/C3H8O2.C3H6/c1-3(5)2-4;1-3-2/h3-5H,2H2,1H3;3H,1H2,2H3. The molecule has 0 saturated heterocycles. The first-order chi connectivity index (χ1) is 3.68. The third-order valence-corrected chi connectivity index (χ3v) is 0.264. The van der Waals surface area contributed by atoms with E-state index in [9.17, 15) is 0 Å². The summed E-state index contributed by atoms with van der Waals surface area (Å²) >= 11 is 0. The normalized spacial score (nSPS) is 11.0. The molecule has 50 valence electrons. The van der Waals surface area contributed by atoms with Crippen molar-refractivity contribution in [3.8, 4) is 0 Å². The fourth-order valence-corrected chi connectivity index (χ4v) is 0. The predicted molar refractivity (Wildman–Crippen MR) is 34.6 cm³/mol. The summed E-state index contributed by atoms with van der Waals surface area (Å²) in [5, 5.41) is 16.0. The Morgan fingerprint density at radius 3 is 1.88 bits per heavy atom. The van der Waals surface area contributed by atoms with Crippen LogP contribution in [0.1, 0.15) is 13.8 Å². The molecule has 0 saturated carbocycles. The molecule has 0 amide bonds. The van der Waals surface area contributed by atoms with E-state index in [0.29, 0.717) is 0 Å². The van der Waals surface area contributed by atoms with Crippen molar-refractivity contribution >= 4 is 0 Å². The molecule has 2 N–H and O–H groups in total. The first-order valence-corrected chi connectivity index (χ1v) is 2.55. The summed E-state index contributed by atoms with van der Waals surface area (Å²) in [7, 11) is 0. The molecule has 0 aliphatic carbocycles. The van der Waals surface area contributed by atoms with E-state index < -0.39 is 6.10 Å². The molecule has 1 unspecified atom stereocenters. The largest absolute Gasteiger partial charge is 0.394 e. The minimum atomic E-state index is -0.560. The minimum absolute atomic E-state index is 0.139. The fourth-order valence-electron chi connectivity index (χ4n) is 0. The van der Waals surface area contributed by atoms with Crippen LogP contribution in [0.4, 0.5) is 0 Å². The van der Waals surface area contributed by atoms with Crippen molar-refractivity contribution in [3.05, 3.63) is 12.7 Å². The van der Waals surface area contributed by atoms with Gasteiger partial charge in [0.15, 0.2) is 0 Å². The van der Waals surface area contributed by atoms with Crippen molar-refractivity contribution in [3.63, 3.8) is 0 Å². The van der Waals surface area contributed by atoms with Gasteiger partial charge in [-0.15, -0.1) is 6.58 Å². The van der Waals surface area contributed by atoms with Gasteiger partial charge in [0.05, 0.1) is 12.7 Å². The van der Waals surface area contributed by atoms with Crippen molar-refractivity contribution in [1.29, 1.82) is 0 Å². The van der Waals surface area contributed by atoms with Crippen LogP contribution in [-0.2, 0) is 0 Å². The molecule has 2 nitrogen and oxygen atoms in total. The first kappa shape index (κ1) is 10.6. The topological polar surface area (TPSA) is 40.5 Å². The molecule has 0 fully saturated rings. The average Bonchev–Trinajstić information content (AvgIpc) is 1.69. The lowest BCUT2D eigenvalue weighted by atomic mass is 10.5. The van der Waals surface area contributed by atoms with Gasteiger partial charge in [-0.3, -0.25) is 0 Å². The molecule has 0 aliphatic rings. The molecule has 0 spiro atoms. The van der Waals surface area contributed by atoms with Gasteiger partial charge in [-0.25, -0.2) is 0 Å². The Kier molecular flexibility index (Phi) is 13.0. The van der Waals surface area contributed by atoms with E-state index in [1.807, 2.05) is 6.92 Å². The highest BCUT2D eigenvalue weighted by molar-refractivity contribution is 4.51. The maximum Gasteiger partial charge on any atom is 0.0742 e. The fraction of sp³-hybridized carbons (Fsp3) is 0.667. The zero-order valence-electron chi connectivity index (χ0n) is 5.46. The SMILES string of the molecule is C=CC.CC(O)CO. The summed E-state index contributed by atoms with van der Waals surface area (Å²) in [6.45, 7) is 6.64. The van der Waals surface area contributed by atoms with Crippen LogP contribution in [0.2, 0.25) is 0 Å². The van der Waals surface area contributed by atoms with Gasteiger partial charge in [-0.05, 0) is 13.8 Å². The van der Waals surface area contributed by atoms with E-state index in [4.69, 9.17) is 10.2 Å².